The van der Waals surface area contributed by atoms with Gasteiger partial charge in [0, 0.05) is 13.1 Å². The van der Waals surface area contributed by atoms with Gasteiger partial charge in [-0.1, -0.05) is 17.7 Å². The number of rotatable bonds is 6. The van der Waals surface area contributed by atoms with Crippen LogP contribution in [0.15, 0.2) is 52.0 Å². The van der Waals surface area contributed by atoms with E-state index in [4.69, 9.17) is 4.42 Å². The molecule has 1 aromatic carbocycles. The number of aryl methyl sites for hydroxylation is 1. The standard InChI is InChI=1S/C17H20N2O5S/c1-3-18-16(20)17(21)19-11-15(14-5-4-10-24-14)25(22,23)13-8-6-12(2)7-9-13/h4-10,15H,3,11H2,1-2H3,(H,18,20)(H,19,21). The van der Waals surface area contributed by atoms with Crippen LogP contribution in [0.2, 0.25) is 0 Å². The van der Waals surface area contributed by atoms with Gasteiger partial charge in [-0.15, -0.1) is 0 Å². The summed E-state index contributed by atoms with van der Waals surface area (Å²) in [6.45, 7) is 3.56. The van der Waals surface area contributed by atoms with Crippen molar-refractivity contribution >= 4 is 21.7 Å². The molecule has 0 spiro atoms. The lowest BCUT2D eigenvalue weighted by atomic mass is 10.2. The Labute approximate surface area is 146 Å². The number of nitrogens with one attached hydrogen (secondary N) is 2. The van der Waals surface area contributed by atoms with E-state index in [9.17, 15) is 18.0 Å². The average Bonchev–Trinajstić information content (AvgIpc) is 3.09. The summed E-state index contributed by atoms with van der Waals surface area (Å²) in [5.74, 6) is -1.51. The van der Waals surface area contributed by atoms with Crippen LogP contribution in [-0.4, -0.2) is 33.3 Å². The van der Waals surface area contributed by atoms with Crippen molar-refractivity contribution in [3.63, 3.8) is 0 Å². The minimum atomic E-state index is -3.81. The molecule has 25 heavy (non-hydrogen) atoms. The fraction of sp³-hybridized carbons (Fsp3) is 0.294. The quantitative estimate of drug-likeness (QED) is 0.753. The van der Waals surface area contributed by atoms with Crippen LogP contribution in [0.3, 0.4) is 0 Å². The zero-order valence-corrected chi connectivity index (χ0v) is 14.8. The molecule has 1 atom stereocenters. The largest absolute Gasteiger partial charge is 0.468 e. The summed E-state index contributed by atoms with van der Waals surface area (Å²) >= 11 is 0. The third-order valence-electron chi connectivity index (χ3n) is 3.58. The molecule has 1 unspecified atom stereocenters. The molecule has 0 aliphatic rings. The van der Waals surface area contributed by atoms with Gasteiger partial charge in [0.1, 0.15) is 11.0 Å². The predicted octanol–water partition coefficient (Wildman–Crippen LogP) is 1.36. The number of carbonyl (C=O) groups excluding carboxylic acids is 2. The molecule has 0 saturated carbocycles. The summed E-state index contributed by atoms with van der Waals surface area (Å²) in [5, 5.41) is 3.57. The van der Waals surface area contributed by atoms with Crippen LogP contribution < -0.4 is 10.6 Å². The highest BCUT2D eigenvalue weighted by Crippen LogP contribution is 2.29. The van der Waals surface area contributed by atoms with Gasteiger partial charge < -0.3 is 15.1 Å². The monoisotopic (exact) mass is 364 g/mol. The molecular formula is C17H20N2O5S. The molecule has 0 saturated heterocycles. The van der Waals surface area contributed by atoms with E-state index in [0.29, 0.717) is 6.54 Å². The fourth-order valence-corrected chi connectivity index (χ4v) is 3.82. The van der Waals surface area contributed by atoms with Crippen LogP contribution in [0.25, 0.3) is 0 Å². The van der Waals surface area contributed by atoms with Crippen molar-refractivity contribution in [3.8, 4) is 0 Å². The molecule has 2 rings (SSSR count). The number of sulfone groups is 1. The van der Waals surface area contributed by atoms with Crippen molar-refractivity contribution in [3.05, 3.63) is 54.0 Å². The summed E-state index contributed by atoms with van der Waals surface area (Å²) in [7, 11) is -3.81. The van der Waals surface area contributed by atoms with E-state index < -0.39 is 26.9 Å². The Balaban J connectivity index is 2.26. The molecule has 1 aromatic heterocycles. The van der Waals surface area contributed by atoms with E-state index in [1.165, 1.54) is 24.5 Å². The van der Waals surface area contributed by atoms with Gasteiger partial charge in [0.25, 0.3) is 0 Å². The molecule has 2 N–H and O–H groups in total. The van der Waals surface area contributed by atoms with Crippen molar-refractivity contribution in [2.24, 2.45) is 0 Å². The Morgan fingerprint density at radius 1 is 1.08 bits per heavy atom. The van der Waals surface area contributed by atoms with Crippen molar-refractivity contribution in [2.75, 3.05) is 13.1 Å². The third kappa shape index (κ3) is 4.48. The predicted molar refractivity (Wildman–Crippen MR) is 91.5 cm³/mol. The van der Waals surface area contributed by atoms with Crippen molar-refractivity contribution in [2.45, 2.75) is 24.0 Å². The highest BCUT2D eigenvalue weighted by Gasteiger charge is 2.32. The summed E-state index contributed by atoms with van der Waals surface area (Å²) in [5.41, 5.74) is 0.929. The third-order valence-corrected chi connectivity index (χ3v) is 5.65. The number of likely N-dealkylation sites (N-methyl/N-ethyl adjacent to an activating group) is 1. The Morgan fingerprint density at radius 2 is 1.72 bits per heavy atom. The van der Waals surface area contributed by atoms with Gasteiger partial charge in [0.2, 0.25) is 0 Å². The van der Waals surface area contributed by atoms with Gasteiger partial charge in [0.15, 0.2) is 9.84 Å². The lowest BCUT2D eigenvalue weighted by Crippen LogP contribution is -2.42. The van der Waals surface area contributed by atoms with Gasteiger partial charge in [-0.3, -0.25) is 9.59 Å². The van der Waals surface area contributed by atoms with E-state index in [0.717, 1.165) is 5.56 Å². The van der Waals surface area contributed by atoms with Gasteiger partial charge in [-0.25, -0.2) is 8.42 Å². The van der Waals surface area contributed by atoms with Crippen LogP contribution >= 0.6 is 0 Å². The smallest absolute Gasteiger partial charge is 0.309 e. The lowest BCUT2D eigenvalue weighted by molar-refractivity contribution is -0.139. The molecule has 0 aliphatic heterocycles. The maximum absolute atomic E-state index is 12.9. The summed E-state index contributed by atoms with van der Waals surface area (Å²) < 4.78 is 31.1. The van der Waals surface area contributed by atoms with Crippen LogP contribution in [0, 0.1) is 6.92 Å². The molecule has 0 bridgehead atoms. The van der Waals surface area contributed by atoms with Gasteiger partial charge in [-0.2, -0.15) is 0 Å². The van der Waals surface area contributed by atoms with E-state index in [1.807, 2.05) is 6.92 Å². The van der Waals surface area contributed by atoms with Gasteiger partial charge in [-0.05, 0) is 38.1 Å². The fourth-order valence-electron chi connectivity index (χ4n) is 2.24. The molecule has 134 valence electrons. The topological polar surface area (TPSA) is 105 Å². The van der Waals surface area contributed by atoms with Gasteiger partial charge in [0.05, 0.1) is 11.2 Å². The second kappa shape index (κ2) is 7.98. The Morgan fingerprint density at radius 3 is 2.28 bits per heavy atom. The maximum atomic E-state index is 12.9. The molecule has 0 aliphatic carbocycles. The van der Waals surface area contributed by atoms with E-state index >= 15 is 0 Å². The SMILES string of the molecule is CCNC(=O)C(=O)NCC(c1ccco1)S(=O)(=O)c1ccc(C)cc1. The number of amides is 2. The first-order valence-corrected chi connectivity index (χ1v) is 9.31. The highest BCUT2D eigenvalue weighted by atomic mass is 32.2. The van der Waals surface area contributed by atoms with Crippen molar-refractivity contribution in [1.82, 2.24) is 10.6 Å². The van der Waals surface area contributed by atoms with Crippen LogP contribution in [0.4, 0.5) is 0 Å². The molecular weight excluding hydrogens is 344 g/mol. The first-order chi connectivity index (χ1) is 11.9. The summed E-state index contributed by atoms with van der Waals surface area (Å²) in [6.07, 6.45) is 1.36. The van der Waals surface area contributed by atoms with Crippen molar-refractivity contribution in [1.29, 1.82) is 0 Å². The number of benzene rings is 1. The second-order valence-electron chi connectivity index (χ2n) is 5.43. The molecule has 7 nitrogen and oxygen atoms in total. The normalized spacial score (nSPS) is 12.4. The molecule has 2 aromatic rings. The van der Waals surface area contributed by atoms with Gasteiger partial charge >= 0.3 is 11.8 Å². The number of furan rings is 1. The van der Waals surface area contributed by atoms with E-state index in [1.54, 1.807) is 25.1 Å². The number of hydrogen-bond acceptors (Lipinski definition) is 5. The Bertz CT molecular complexity index is 826. The summed E-state index contributed by atoms with van der Waals surface area (Å²) in [4.78, 5) is 23.4. The highest BCUT2D eigenvalue weighted by molar-refractivity contribution is 7.91. The molecule has 1 heterocycles. The molecule has 2 amide bonds. The molecule has 0 radical (unpaired) electrons. The zero-order chi connectivity index (χ0) is 18.4. The Hall–Kier alpha value is -2.61. The van der Waals surface area contributed by atoms with Crippen LogP contribution in [0.5, 0.6) is 0 Å². The number of hydrogen-bond donors (Lipinski definition) is 2. The zero-order valence-electron chi connectivity index (χ0n) is 14.0. The minimum absolute atomic E-state index is 0.117. The van der Waals surface area contributed by atoms with Crippen molar-refractivity contribution < 1.29 is 22.4 Å². The molecule has 8 heteroatoms. The summed E-state index contributed by atoms with van der Waals surface area (Å²) in [6, 6.07) is 9.49. The minimum Gasteiger partial charge on any atom is -0.468 e. The van der Waals surface area contributed by atoms with E-state index in [2.05, 4.69) is 10.6 Å². The average molecular weight is 364 g/mol. The number of carbonyl (C=O) groups is 2. The van der Waals surface area contributed by atoms with Crippen LogP contribution in [-0.2, 0) is 19.4 Å². The maximum Gasteiger partial charge on any atom is 0.309 e. The van der Waals surface area contributed by atoms with E-state index in [-0.39, 0.29) is 17.2 Å². The first kappa shape index (κ1) is 18.7. The lowest BCUT2D eigenvalue weighted by Gasteiger charge is -2.16. The molecule has 0 fully saturated rings. The van der Waals surface area contributed by atoms with Crippen LogP contribution in [0.1, 0.15) is 23.5 Å². The Kier molecular flexibility index (Phi) is 5.97. The first-order valence-electron chi connectivity index (χ1n) is 7.76. The second-order valence-corrected chi connectivity index (χ2v) is 7.56.